The quantitative estimate of drug-likeness (QED) is 0.411. The molecule has 196 valence electrons. The third-order valence-corrected chi connectivity index (χ3v) is 3.66. The van der Waals surface area contributed by atoms with Crippen molar-refractivity contribution in [3.05, 3.63) is 47.5 Å². The van der Waals surface area contributed by atoms with Gasteiger partial charge in [0.05, 0.1) is 0 Å². The van der Waals surface area contributed by atoms with Crippen LogP contribution in [0.1, 0.15) is 17.2 Å². The maximum absolute atomic E-state index is 12.5. The van der Waals surface area contributed by atoms with Crippen LogP contribution in [0.3, 0.4) is 0 Å². The molecule has 0 heterocycles. The van der Waals surface area contributed by atoms with E-state index in [4.69, 9.17) is 5.73 Å². The predicted octanol–water partition coefficient (Wildman–Crippen LogP) is 6.52. The number of hydrogen-bond acceptors (Lipinski definition) is 5. The lowest BCUT2D eigenvalue weighted by Gasteiger charge is -2.19. The van der Waals surface area contributed by atoms with Crippen LogP contribution in [-0.4, -0.2) is 25.4 Å². The van der Waals surface area contributed by atoms with Gasteiger partial charge in [0, 0.05) is 18.2 Å². The molecule has 0 saturated carbocycles. The smallest absolute Gasteiger partial charge is 0.406 e. The molecule has 0 aliphatic heterocycles. The molecule has 0 radical (unpaired) electrons. The maximum Gasteiger partial charge on any atom is 0.573 e. The number of benzene rings is 2. The second-order valence-electron chi connectivity index (χ2n) is 6.55. The number of rotatable bonds is 7. The lowest BCUT2D eigenvalue weighted by Crippen LogP contribution is -2.21. The summed E-state index contributed by atoms with van der Waals surface area (Å²) in [5.41, 5.74) is 4.85. The van der Waals surface area contributed by atoms with Crippen molar-refractivity contribution in [2.45, 2.75) is 37.9 Å². The van der Waals surface area contributed by atoms with Crippen LogP contribution in [0.5, 0.6) is 23.0 Å². The number of halogens is 12. The first kappa shape index (κ1) is 28.0. The molecule has 0 amide bonds. The molecule has 0 fully saturated rings. The molecule has 0 aliphatic carbocycles. The Labute approximate surface area is 186 Å². The Kier molecular flexibility index (Phi) is 7.83. The highest BCUT2D eigenvalue weighted by Crippen LogP contribution is 2.35. The van der Waals surface area contributed by atoms with Crippen molar-refractivity contribution in [2.75, 3.05) is 0 Å². The van der Waals surface area contributed by atoms with Crippen LogP contribution in [0, 0.1) is 0 Å². The molecular weight excluding hydrogens is 522 g/mol. The normalized spacial score (nSPS) is 13.9. The summed E-state index contributed by atoms with van der Waals surface area (Å²) in [6.45, 7) is 0. The van der Waals surface area contributed by atoms with Gasteiger partial charge >= 0.3 is 25.4 Å². The third kappa shape index (κ3) is 10.7. The predicted molar refractivity (Wildman–Crippen MR) is 90.2 cm³/mol. The molecule has 2 aromatic carbocycles. The van der Waals surface area contributed by atoms with Gasteiger partial charge in [-0.2, -0.15) is 0 Å². The molecule has 0 unspecified atom stereocenters. The van der Waals surface area contributed by atoms with Crippen LogP contribution >= 0.6 is 0 Å². The molecular formula is C18H11F12NO4. The summed E-state index contributed by atoms with van der Waals surface area (Å²) in [6, 6.07) is 1.24. The number of alkyl halides is 12. The summed E-state index contributed by atoms with van der Waals surface area (Å²) in [7, 11) is 0. The van der Waals surface area contributed by atoms with Gasteiger partial charge in [0.1, 0.15) is 23.0 Å². The topological polar surface area (TPSA) is 62.9 Å². The standard InChI is InChI=1S/C18H11F12NO4/c19-15(20,21)32-10-1-8(2-11(6-10)33-16(22,23)24)3-14(31)9-4-12(34-17(25,26)27)7-13(5-9)35-18(28,29)30/h1-2,4-7,14H,3,31H2/t14-/m1/s1. The van der Waals surface area contributed by atoms with Crippen LogP contribution in [0.25, 0.3) is 0 Å². The van der Waals surface area contributed by atoms with Gasteiger partial charge in [0.2, 0.25) is 0 Å². The van der Waals surface area contributed by atoms with E-state index in [-0.39, 0.29) is 12.1 Å². The first-order chi connectivity index (χ1) is 15.7. The molecule has 2 aromatic rings. The third-order valence-electron chi connectivity index (χ3n) is 3.66. The van der Waals surface area contributed by atoms with E-state index in [1.807, 2.05) is 0 Å². The second kappa shape index (κ2) is 9.79. The first-order valence-corrected chi connectivity index (χ1v) is 8.75. The van der Waals surface area contributed by atoms with E-state index in [0.29, 0.717) is 24.3 Å². The van der Waals surface area contributed by atoms with Crippen molar-refractivity contribution >= 4 is 0 Å². The molecule has 0 spiro atoms. The highest BCUT2D eigenvalue weighted by Gasteiger charge is 2.35. The fourth-order valence-electron chi connectivity index (χ4n) is 2.70. The zero-order valence-corrected chi connectivity index (χ0v) is 16.5. The van der Waals surface area contributed by atoms with E-state index in [2.05, 4.69) is 18.9 Å². The van der Waals surface area contributed by atoms with E-state index in [9.17, 15) is 52.7 Å². The molecule has 5 nitrogen and oxygen atoms in total. The highest BCUT2D eigenvalue weighted by atomic mass is 19.4. The Hall–Kier alpha value is -3.24. The van der Waals surface area contributed by atoms with Crippen LogP contribution in [0.2, 0.25) is 0 Å². The minimum absolute atomic E-state index is 0.240. The zero-order chi connectivity index (χ0) is 26.8. The van der Waals surface area contributed by atoms with Crippen molar-refractivity contribution in [1.29, 1.82) is 0 Å². The van der Waals surface area contributed by atoms with Gasteiger partial charge in [-0.15, -0.1) is 52.7 Å². The molecule has 17 heteroatoms. The van der Waals surface area contributed by atoms with Gasteiger partial charge in [-0.05, 0) is 41.8 Å². The molecule has 1 atom stereocenters. The average molecular weight is 533 g/mol. The van der Waals surface area contributed by atoms with E-state index in [0.717, 1.165) is 0 Å². The summed E-state index contributed by atoms with van der Waals surface area (Å²) in [6.07, 6.45) is -22.0. The zero-order valence-electron chi connectivity index (χ0n) is 16.5. The van der Waals surface area contributed by atoms with Crippen molar-refractivity contribution < 1.29 is 71.6 Å². The van der Waals surface area contributed by atoms with Gasteiger partial charge in [0.15, 0.2) is 0 Å². The maximum atomic E-state index is 12.5. The molecule has 0 saturated heterocycles. The minimum Gasteiger partial charge on any atom is -0.406 e. The fraction of sp³-hybridized carbons (Fsp3) is 0.333. The van der Waals surface area contributed by atoms with E-state index in [1.54, 1.807) is 0 Å². The SMILES string of the molecule is N[C@H](Cc1cc(OC(F)(F)F)cc(OC(F)(F)F)c1)c1cc(OC(F)(F)F)cc(OC(F)(F)F)c1. The fourth-order valence-corrected chi connectivity index (χ4v) is 2.70. The van der Waals surface area contributed by atoms with E-state index >= 15 is 0 Å². The number of ether oxygens (including phenoxy) is 4. The van der Waals surface area contributed by atoms with E-state index < -0.39 is 72.0 Å². The molecule has 0 aliphatic rings. The Balaban J connectivity index is 2.43. The highest BCUT2D eigenvalue weighted by molar-refractivity contribution is 5.42. The number of nitrogens with two attached hydrogens (primary N) is 1. The van der Waals surface area contributed by atoms with Crippen molar-refractivity contribution in [2.24, 2.45) is 5.73 Å². The summed E-state index contributed by atoms with van der Waals surface area (Å²) >= 11 is 0. The summed E-state index contributed by atoms with van der Waals surface area (Å²) in [4.78, 5) is 0. The Morgan fingerprint density at radius 2 is 0.800 bits per heavy atom. The van der Waals surface area contributed by atoms with Crippen LogP contribution in [0.15, 0.2) is 36.4 Å². The molecule has 2 N–H and O–H groups in total. The number of hydrogen-bond donors (Lipinski definition) is 1. The first-order valence-electron chi connectivity index (χ1n) is 8.75. The van der Waals surface area contributed by atoms with Crippen LogP contribution < -0.4 is 24.7 Å². The Morgan fingerprint density at radius 1 is 0.514 bits per heavy atom. The van der Waals surface area contributed by atoms with Gasteiger partial charge in [0.25, 0.3) is 0 Å². The molecule has 35 heavy (non-hydrogen) atoms. The average Bonchev–Trinajstić information content (AvgIpc) is 2.54. The second-order valence-corrected chi connectivity index (χ2v) is 6.55. The molecule has 0 aromatic heterocycles. The van der Waals surface area contributed by atoms with E-state index in [1.165, 1.54) is 0 Å². The van der Waals surface area contributed by atoms with Gasteiger partial charge < -0.3 is 24.7 Å². The monoisotopic (exact) mass is 533 g/mol. The van der Waals surface area contributed by atoms with Crippen LogP contribution in [-0.2, 0) is 6.42 Å². The largest absolute Gasteiger partial charge is 0.573 e. The summed E-state index contributed by atoms with van der Waals surface area (Å²) in [5.74, 6) is -4.67. The van der Waals surface area contributed by atoms with Gasteiger partial charge in [-0.25, -0.2) is 0 Å². The summed E-state index contributed by atoms with van der Waals surface area (Å²) < 4.78 is 164. The molecule has 0 bridgehead atoms. The van der Waals surface area contributed by atoms with Crippen LogP contribution in [0.4, 0.5) is 52.7 Å². The Morgan fingerprint density at radius 3 is 1.09 bits per heavy atom. The van der Waals surface area contributed by atoms with Crippen molar-refractivity contribution in [3.8, 4) is 23.0 Å². The van der Waals surface area contributed by atoms with Gasteiger partial charge in [-0.3, -0.25) is 0 Å². The summed E-state index contributed by atoms with van der Waals surface area (Å²) in [5, 5.41) is 0. The molecule has 2 rings (SSSR count). The van der Waals surface area contributed by atoms with Crippen molar-refractivity contribution in [1.82, 2.24) is 0 Å². The minimum atomic E-state index is -5.33. The Bertz CT molecular complexity index is 946. The van der Waals surface area contributed by atoms with Gasteiger partial charge in [-0.1, -0.05) is 0 Å². The lowest BCUT2D eigenvalue weighted by atomic mass is 9.99. The lowest BCUT2D eigenvalue weighted by molar-refractivity contribution is -0.278. The van der Waals surface area contributed by atoms with Crippen molar-refractivity contribution in [3.63, 3.8) is 0 Å².